The fourth-order valence-electron chi connectivity index (χ4n) is 3.56. The molecule has 2 aliphatic heterocycles. The van der Waals surface area contributed by atoms with Crippen LogP contribution in [0.3, 0.4) is 0 Å². The third kappa shape index (κ3) is 2.49. The van der Waals surface area contributed by atoms with Crippen molar-refractivity contribution in [2.24, 2.45) is 11.8 Å². The molecule has 2 atom stereocenters. The minimum Gasteiger partial charge on any atom is -0.497 e. The zero-order valence-electron chi connectivity index (χ0n) is 13.0. The average molecular weight is 313 g/mol. The topological polar surface area (TPSA) is 67.6 Å². The van der Waals surface area contributed by atoms with Crippen molar-refractivity contribution in [1.82, 2.24) is 15.2 Å². The maximum atomic E-state index is 13.0. The van der Waals surface area contributed by atoms with Gasteiger partial charge in [0.2, 0.25) is 5.89 Å². The number of hydrogen-bond donors (Lipinski definition) is 1. The Kier molecular flexibility index (Phi) is 3.53. The van der Waals surface area contributed by atoms with E-state index in [9.17, 15) is 4.79 Å². The zero-order chi connectivity index (χ0) is 15.8. The highest BCUT2D eigenvalue weighted by atomic mass is 16.5. The molecule has 120 valence electrons. The number of rotatable bonds is 3. The largest absolute Gasteiger partial charge is 0.497 e. The molecule has 2 aromatic rings. The molecule has 2 fully saturated rings. The molecule has 1 N–H and O–H groups in total. The molecule has 23 heavy (non-hydrogen) atoms. The number of fused-ring (bicyclic) bond motifs is 1. The van der Waals surface area contributed by atoms with Gasteiger partial charge in [-0.05, 0) is 30.0 Å². The van der Waals surface area contributed by atoms with Crippen LogP contribution in [0.5, 0.6) is 5.75 Å². The molecular formula is C17H19N3O3. The third-order valence-corrected chi connectivity index (χ3v) is 4.80. The maximum absolute atomic E-state index is 13.0. The Morgan fingerprint density at radius 1 is 1.35 bits per heavy atom. The van der Waals surface area contributed by atoms with Crippen LogP contribution in [-0.2, 0) is 0 Å². The van der Waals surface area contributed by atoms with Gasteiger partial charge in [-0.3, -0.25) is 4.79 Å². The van der Waals surface area contributed by atoms with Gasteiger partial charge < -0.3 is 19.4 Å². The van der Waals surface area contributed by atoms with Gasteiger partial charge in [-0.1, -0.05) is 0 Å². The molecule has 3 heterocycles. The molecule has 1 amide bonds. The number of nitrogens with zero attached hydrogens (tertiary/aromatic N) is 2. The van der Waals surface area contributed by atoms with Gasteiger partial charge in [0.25, 0.3) is 5.91 Å². The second-order valence-electron chi connectivity index (χ2n) is 6.14. The second kappa shape index (κ2) is 5.70. The van der Waals surface area contributed by atoms with Crippen molar-refractivity contribution in [3.63, 3.8) is 0 Å². The number of hydrogen-bond acceptors (Lipinski definition) is 5. The van der Waals surface area contributed by atoms with E-state index >= 15 is 0 Å². The Balaban J connectivity index is 1.67. The fourth-order valence-corrected chi connectivity index (χ4v) is 3.56. The van der Waals surface area contributed by atoms with Gasteiger partial charge in [-0.25, -0.2) is 4.98 Å². The maximum Gasteiger partial charge on any atom is 0.254 e. The Morgan fingerprint density at radius 3 is 2.78 bits per heavy atom. The lowest BCUT2D eigenvalue weighted by molar-refractivity contribution is 0.0782. The fraction of sp³-hybridized carbons (Fsp3) is 0.412. The van der Waals surface area contributed by atoms with E-state index in [1.165, 1.54) is 6.26 Å². The predicted molar refractivity (Wildman–Crippen MR) is 84.2 cm³/mol. The van der Waals surface area contributed by atoms with Crippen LogP contribution in [0, 0.1) is 11.8 Å². The van der Waals surface area contributed by atoms with Gasteiger partial charge in [0.1, 0.15) is 12.0 Å². The van der Waals surface area contributed by atoms with Gasteiger partial charge in [0, 0.05) is 26.2 Å². The summed E-state index contributed by atoms with van der Waals surface area (Å²) in [5, 5.41) is 3.39. The number of methoxy groups -OCH3 is 1. The number of carbonyl (C=O) groups excluding carboxylic acids is 1. The molecular weight excluding hydrogens is 294 g/mol. The number of likely N-dealkylation sites (tertiary alicyclic amines) is 1. The molecule has 4 rings (SSSR count). The van der Waals surface area contributed by atoms with E-state index in [0.717, 1.165) is 26.2 Å². The molecule has 0 spiro atoms. The molecule has 2 aliphatic rings. The molecule has 6 heteroatoms. The summed E-state index contributed by atoms with van der Waals surface area (Å²) in [6.07, 6.45) is 3.09. The summed E-state index contributed by atoms with van der Waals surface area (Å²) < 4.78 is 10.7. The summed E-state index contributed by atoms with van der Waals surface area (Å²) >= 11 is 0. The van der Waals surface area contributed by atoms with Crippen molar-refractivity contribution < 1.29 is 13.9 Å². The number of ether oxygens (including phenoxy) is 1. The minimum atomic E-state index is 0.0373. The molecule has 1 aromatic carbocycles. The van der Waals surface area contributed by atoms with E-state index in [1.807, 2.05) is 4.90 Å². The normalized spacial score (nSPS) is 23.1. The monoisotopic (exact) mass is 313 g/mol. The predicted octanol–water partition coefficient (Wildman–Crippen LogP) is 1.64. The van der Waals surface area contributed by atoms with Crippen molar-refractivity contribution in [1.29, 1.82) is 0 Å². The molecule has 0 saturated carbocycles. The first-order chi connectivity index (χ1) is 11.3. The van der Waals surface area contributed by atoms with E-state index in [4.69, 9.17) is 9.15 Å². The highest BCUT2D eigenvalue weighted by Gasteiger charge is 2.38. The van der Waals surface area contributed by atoms with Gasteiger partial charge >= 0.3 is 0 Å². The van der Waals surface area contributed by atoms with Crippen LogP contribution in [0.2, 0.25) is 0 Å². The smallest absolute Gasteiger partial charge is 0.254 e. The van der Waals surface area contributed by atoms with Crippen LogP contribution in [0.4, 0.5) is 0 Å². The van der Waals surface area contributed by atoms with Gasteiger partial charge in [0.15, 0.2) is 0 Å². The lowest BCUT2D eigenvalue weighted by atomic mass is 10.0. The molecule has 2 unspecified atom stereocenters. The Bertz CT molecular complexity index is 702. The lowest BCUT2D eigenvalue weighted by Crippen LogP contribution is -2.32. The van der Waals surface area contributed by atoms with Gasteiger partial charge in [-0.2, -0.15) is 0 Å². The number of aromatic nitrogens is 1. The molecule has 2 saturated heterocycles. The first-order valence-corrected chi connectivity index (χ1v) is 7.84. The van der Waals surface area contributed by atoms with Crippen LogP contribution in [0.1, 0.15) is 10.4 Å². The summed E-state index contributed by atoms with van der Waals surface area (Å²) in [6.45, 7) is 3.63. The van der Waals surface area contributed by atoms with Crippen LogP contribution < -0.4 is 10.1 Å². The zero-order valence-corrected chi connectivity index (χ0v) is 13.0. The highest BCUT2D eigenvalue weighted by Crippen LogP contribution is 2.31. The number of carbonyl (C=O) groups is 1. The number of oxazole rings is 1. The molecule has 0 radical (unpaired) electrons. The molecule has 1 aromatic heterocycles. The van der Waals surface area contributed by atoms with Gasteiger partial charge in [-0.15, -0.1) is 0 Å². The van der Waals surface area contributed by atoms with Crippen molar-refractivity contribution in [2.45, 2.75) is 0 Å². The Hall–Kier alpha value is -2.34. The Labute approximate surface area is 134 Å². The van der Waals surface area contributed by atoms with Crippen LogP contribution >= 0.6 is 0 Å². The summed E-state index contributed by atoms with van der Waals surface area (Å²) in [5.41, 5.74) is 1.29. The van der Waals surface area contributed by atoms with Crippen molar-refractivity contribution in [3.8, 4) is 17.2 Å². The van der Waals surface area contributed by atoms with E-state index in [0.29, 0.717) is 34.6 Å². The Morgan fingerprint density at radius 2 is 2.13 bits per heavy atom. The summed E-state index contributed by atoms with van der Waals surface area (Å²) in [5.74, 6) is 2.30. The third-order valence-electron chi connectivity index (χ3n) is 4.80. The quantitative estimate of drug-likeness (QED) is 0.933. The molecule has 6 nitrogen and oxygen atoms in total. The van der Waals surface area contributed by atoms with Crippen LogP contribution in [-0.4, -0.2) is 49.1 Å². The van der Waals surface area contributed by atoms with Crippen LogP contribution in [0.15, 0.2) is 35.1 Å². The van der Waals surface area contributed by atoms with E-state index in [2.05, 4.69) is 10.3 Å². The SMILES string of the molecule is COc1ccc(C(=O)N2CC3CNCC3C2)c(-c2ncco2)c1. The van der Waals surface area contributed by atoms with E-state index in [-0.39, 0.29) is 5.91 Å². The standard InChI is InChI=1S/C17H19N3O3/c1-22-13-2-3-14(15(6-13)16-19-4-5-23-16)17(21)20-9-11-7-18-8-12(11)10-20/h2-6,11-12,18H,7-10H2,1H3. The summed E-state index contributed by atoms with van der Waals surface area (Å²) in [7, 11) is 1.60. The highest BCUT2D eigenvalue weighted by molar-refractivity contribution is 6.00. The van der Waals surface area contributed by atoms with Crippen LogP contribution in [0.25, 0.3) is 11.5 Å². The van der Waals surface area contributed by atoms with Gasteiger partial charge in [0.05, 0.1) is 24.4 Å². The molecule has 0 aliphatic carbocycles. The lowest BCUT2D eigenvalue weighted by Gasteiger charge is -2.19. The number of benzene rings is 1. The minimum absolute atomic E-state index is 0.0373. The van der Waals surface area contributed by atoms with E-state index < -0.39 is 0 Å². The molecule has 0 bridgehead atoms. The second-order valence-corrected chi connectivity index (χ2v) is 6.14. The first kappa shape index (κ1) is 14.3. The van der Waals surface area contributed by atoms with E-state index in [1.54, 1.807) is 31.5 Å². The number of nitrogens with one attached hydrogen (secondary N) is 1. The van der Waals surface area contributed by atoms with Crippen molar-refractivity contribution in [3.05, 3.63) is 36.2 Å². The van der Waals surface area contributed by atoms with Crippen molar-refractivity contribution >= 4 is 5.91 Å². The summed E-state index contributed by atoms with van der Waals surface area (Å²) in [6, 6.07) is 5.41. The average Bonchev–Trinajstić information content (AvgIpc) is 3.29. The van der Waals surface area contributed by atoms with Crippen molar-refractivity contribution in [2.75, 3.05) is 33.3 Å². The first-order valence-electron chi connectivity index (χ1n) is 7.84. The number of amides is 1. The summed E-state index contributed by atoms with van der Waals surface area (Å²) in [4.78, 5) is 19.1.